The van der Waals surface area contributed by atoms with E-state index < -0.39 is 9.84 Å². The first-order valence-corrected chi connectivity index (χ1v) is 6.50. The highest BCUT2D eigenvalue weighted by molar-refractivity contribution is 7.92. The van der Waals surface area contributed by atoms with Crippen molar-refractivity contribution in [1.29, 1.82) is 0 Å². The summed E-state index contributed by atoms with van der Waals surface area (Å²) in [7, 11) is -2.90. The molecule has 1 saturated heterocycles. The summed E-state index contributed by atoms with van der Waals surface area (Å²) in [5.74, 6) is 0.214. The summed E-state index contributed by atoms with van der Waals surface area (Å²) in [5.41, 5.74) is 0. The number of rotatable bonds is 3. The molecular weight excluding hydrogens is 186 g/mol. The molecule has 0 spiro atoms. The Morgan fingerprint density at radius 2 is 1.92 bits per heavy atom. The molecule has 1 rings (SSSR count). The van der Waals surface area contributed by atoms with Crippen molar-refractivity contribution >= 4 is 9.84 Å². The Balaban J connectivity index is 2.75. The van der Waals surface area contributed by atoms with Crippen LogP contribution in [-0.4, -0.2) is 32.0 Å². The van der Waals surface area contributed by atoms with Crippen LogP contribution in [0.15, 0.2) is 0 Å². The standard InChI is InChI=1S/C9H19NO2S/c1-7(2)8(3)13(11,12)9-4-5-10-6-9/h7-10H,4-6H2,1-3H3. The van der Waals surface area contributed by atoms with Gasteiger partial charge in [0.2, 0.25) is 0 Å². The Morgan fingerprint density at radius 3 is 2.31 bits per heavy atom. The largest absolute Gasteiger partial charge is 0.315 e. The fraction of sp³-hybridized carbons (Fsp3) is 1.00. The van der Waals surface area contributed by atoms with Crippen LogP contribution in [0.1, 0.15) is 27.2 Å². The normalized spacial score (nSPS) is 26.6. The van der Waals surface area contributed by atoms with E-state index in [4.69, 9.17) is 0 Å². The summed E-state index contributed by atoms with van der Waals surface area (Å²) in [6.07, 6.45) is 0.777. The zero-order valence-corrected chi connectivity index (χ0v) is 9.39. The van der Waals surface area contributed by atoms with Crippen molar-refractivity contribution in [1.82, 2.24) is 5.32 Å². The SMILES string of the molecule is CC(C)C(C)S(=O)(=O)C1CCNC1. The molecule has 0 amide bonds. The third-order valence-corrected chi connectivity index (χ3v) is 5.85. The van der Waals surface area contributed by atoms with E-state index in [1.807, 2.05) is 20.8 Å². The maximum Gasteiger partial charge on any atom is 0.157 e. The van der Waals surface area contributed by atoms with Gasteiger partial charge < -0.3 is 5.32 Å². The first kappa shape index (κ1) is 11.0. The lowest BCUT2D eigenvalue weighted by Gasteiger charge is -2.20. The molecule has 1 aliphatic rings. The van der Waals surface area contributed by atoms with Crippen LogP contribution >= 0.6 is 0 Å². The average Bonchev–Trinajstić information content (AvgIpc) is 2.54. The smallest absolute Gasteiger partial charge is 0.157 e. The topological polar surface area (TPSA) is 46.2 Å². The minimum atomic E-state index is -2.90. The maximum atomic E-state index is 11.9. The molecule has 0 aliphatic carbocycles. The van der Waals surface area contributed by atoms with Gasteiger partial charge in [0.1, 0.15) is 0 Å². The van der Waals surface area contributed by atoms with Gasteiger partial charge in [0.15, 0.2) is 9.84 Å². The fourth-order valence-electron chi connectivity index (χ4n) is 1.59. The molecular formula is C9H19NO2S. The van der Waals surface area contributed by atoms with Crippen LogP contribution in [-0.2, 0) is 9.84 Å². The lowest BCUT2D eigenvalue weighted by atomic mass is 10.2. The van der Waals surface area contributed by atoms with Crippen LogP contribution < -0.4 is 5.32 Å². The third kappa shape index (κ3) is 2.23. The Morgan fingerprint density at radius 1 is 1.31 bits per heavy atom. The fourth-order valence-corrected chi connectivity index (χ4v) is 3.75. The quantitative estimate of drug-likeness (QED) is 0.741. The predicted molar refractivity (Wildman–Crippen MR) is 54.5 cm³/mol. The van der Waals surface area contributed by atoms with Crippen molar-refractivity contribution in [3.63, 3.8) is 0 Å². The summed E-state index contributed by atoms with van der Waals surface area (Å²) in [6, 6.07) is 0. The van der Waals surface area contributed by atoms with Crippen LogP contribution in [0.25, 0.3) is 0 Å². The molecule has 0 radical (unpaired) electrons. The Hall–Kier alpha value is -0.0900. The molecule has 2 atom stereocenters. The van der Waals surface area contributed by atoms with Crippen molar-refractivity contribution in [3.05, 3.63) is 0 Å². The van der Waals surface area contributed by atoms with E-state index in [1.165, 1.54) is 0 Å². The predicted octanol–water partition coefficient (Wildman–Crippen LogP) is 0.808. The van der Waals surface area contributed by atoms with Gasteiger partial charge in [-0.05, 0) is 25.8 Å². The molecule has 4 heteroatoms. The summed E-state index contributed by atoms with van der Waals surface area (Å²) in [6.45, 7) is 7.22. The average molecular weight is 205 g/mol. The number of hydrogen-bond acceptors (Lipinski definition) is 3. The molecule has 0 aromatic carbocycles. The highest BCUT2D eigenvalue weighted by Crippen LogP contribution is 2.20. The molecule has 0 aromatic heterocycles. The lowest BCUT2D eigenvalue weighted by molar-refractivity contribution is 0.535. The molecule has 78 valence electrons. The zero-order chi connectivity index (χ0) is 10.1. The molecule has 1 heterocycles. The maximum absolute atomic E-state index is 11.9. The van der Waals surface area contributed by atoms with Crippen molar-refractivity contribution in [3.8, 4) is 0 Å². The summed E-state index contributed by atoms with van der Waals surface area (Å²) < 4.78 is 23.9. The minimum absolute atomic E-state index is 0.148. The summed E-state index contributed by atoms with van der Waals surface area (Å²) in [5, 5.41) is 2.73. The highest BCUT2D eigenvalue weighted by Gasteiger charge is 2.34. The third-order valence-electron chi connectivity index (χ3n) is 2.94. The van der Waals surface area contributed by atoms with Gasteiger partial charge in [-0.2, -0.15) is 0 Å². The Labute approximate surface area is 80.8 Å². The van der Waals surface area contributed by atoms with E-state index >= 15 is 0 Å². The van der Waals surface area contributed by atoms with Gasteiger partial charge >= 0.3 is 0 Å². The second-order valence-corrected chi connectivity index (χ2v) is 6.74. The van der Waals surface area contributed by atoms with Crippen LogP contribution in [0.5, 0.6) is 0 Å². The van der Waals surface area contributed by atoms with Gasteiger partial charge in [-0.25, -0.2) is 8.42 Å². The second kappa shape index (κ2) is 3.96. The molecule has 1 N–H and O–H groups in total. The molecule has 0 saturated carbocycles. The van der Waals surface area contributed by atoms with Crippen molar-refractivity contribution in [2.75, 3.05) is 13.1 Å². The molecule has 2 unspecified atom stereocenters. The van der Waals surface area contributed by atoms with Gasteiger partial charge in [0, 0.05) is 6.54 Å². The number of sulfone groups is 1. The van der Waals surface area contributed by atoms with Gasteiger partial charge in [0.05, 0.1) is 10.5 Å². The summed E-state index contributed by atoms with van der Waals surface area (Å²) >= 11 is 0. The van der Waals surface area contributed by atoms with Crippen molar-refractivity contribution in [2.45, 2.75) is 37.7 Å². The van der Waals surface area contributed by atoms with Crippen molar-refractivity contribution < 1.29 is 8.42 Å². The first-order valence-electron chi connectivity index (χ1n) is 4.89. The minimum Gasteiger partial charge on any atom is -0.315 e. The molecule has 0 aromatic rings. The number of hydrogen-bond donors (Lipinski definition) is 1. The van der Waals surface area contributed by atoms with E-state index in [2.05, 4.69) is 5.32 Å². The highest BCUT2D eigenvalue weighted by atomic mass is 32.2. The van der Waals surface area contributed by atoms with E-state index in [9.17, 15) is 8.42 Å². The van der Waals surface area contributed by atoms with E-state index in [0.717, 1.165) is 13.0 Å². The van der Waals surface area contributed by atoms with Crippen molar-refractivity contribution in [2.24, 2.45) is 5.92 Å². The summed E-state index contributed by atoms with van der Waals surface area (Å²) in [4.78, 5) is 0. The van der Waals surface area contributed by atoms with Crippen LogP contribution in [0.3, 0.4) is 0 Å². The van der Waals surface area contributed by atoms with Crippen LogP contribution in [0.4, 0.5) is 0 Å². The molecule has 3 nitrogen and oxygen atoms in total. The zero-order valence-electron chi connectivity index (χ0n) is 8.58. The Kier molecular flexibility index (Phi) is 3.35. The van der Waals surface area contributed by atoms with Crippen LogP contribution in [0, 0.1) is 5.92 Å². The van der Waals surface area contributed by atoms with Gasteiger partial charge in [-0.3, -0.25) is 0 Å². The van der Waals surface area contributed by atoms with Gasteiger partial charge in [-0.1, -0.05) is 13.8 Å². The first-order chi connectivity index (χ1) is 5.96. The number of nitrogens with one attached hydrogen (secondary N) is 1. The second-order valence-electron chi connectivity index (χ2n) is 4.15. The molecule has 1 fully saturated rings. The van der Waals surface area contributed by atoms with E-state index in [1.54, 1.807) is 0 Å². The molecule has 13 heavy (non-hydrogen) atoms. The molecule has 0 bridgehead atoms. The van der Waals surface area contributed by atoms with Crippen LogP contribution in [0.2, 0.25) is 0 Å². The lowest BCUT2D eigenvalue weighted by Crippen LogP contribution is -2.34. The van der Waals surface area contributed by atoms with E-state index in [0.29, 0.717) is 6.54 Å². The monoisotopic (exact) mass is 205 g/mol. The van der Waals surface area contributed by atoms with Gasteiger partial charge in [-0.15, -0.1) is 0 Å². The van der Waals surface area contributed by atoms with Gasteiger partial charge in [0.25, 0.3) is 0 Å². The molecule has 1 aliphatic heterocycles. The Bertz CT molecular complexity index is 245. The van der Waals surface area contributed by atoms with E-state index in [-0.39, 0.29) is 16.4 Å².